The molecule has 0 spiro atoms. The molecule has 9 heteroatoms. The van der Waals surface area contributed by atoms with Crippen LogP contribution in [0.5, 0.6) is 11.5 Å². The highest BCUT2D eigenvalue weighted by atomic mass is 32.2. The monoisotopic (exact) mass is 369 g/mol. The molecular formula is C16H16FNO6S. The highest BCUT2D eigenvalue weighted by molar-refractivity contribution is 7.92. The zero-order valence-corrected chi connectivity index (χ0v) is 14.5. The number of anilines is 1. The van der Waals surface area contributed by atoms with E-state index in [1.54, 1.807) is 6.92 Å². The van der Waals surface area contributed by atoms with Crippen LogP contribution in [0.4, 0.5) is 10.1 Å². The van der Waals surface area contributed by atoms with Crippen LogP contribution in [-0.4, -0.2) is 33.7 Å². The molecule has 0 saturated heterocycles. The third-order valence-corrected chi connectivity index (χ3v) is 4.76. The number of benzene rings is 2. The van der Waals surface area contributed by atoms with Crippen LogP contribution in [-0.2, 0) is 10.0 Å². The fraction of sp³-hybridized carbons (Fsp3) is 0.188. The van der Waals surface area contributed by atoms with Gasteiger partial charge in [-0.2, -0.15) is 0 Å². The van der Waals surface area contributed by atoms with E-state index in [2.05, 4.69) is 4.72 Å². The maximum absolute atomic E-state index is 13.9. The second kappa shape index (κ2) is 6.98. The molecule has 134 valence electrons. The van der Waals surface area contributed by atoms with E-state index in [4.69, 9.17) is 9.47 Å². The molecule has 0 unspecified atom stereocenters. The molecule has 0 atom stereocenters. The van der Waals surface area contributed by atoms with E-state index in [0.29, 0.717) is 5.56 Å². The number of sulfonamides is 1. The van der Waals surface area contributed by atoms with Crippen molar-refractivity contribution in [1.82, 2.24) is 0 Å². The molecule has 0 bridgehead atoms. The van der Waals surface area contributed by atoms with Gasteiger partial charge in [0.25, 0.3) is 10.0 Å². The summed E-state index contributed by atoms with van der Waals surface area (Å²) in [7, 11) is -1.72. The Kier molecular flexibility index (Phi) is 5.17. The summed E-state index contributed by atoms with van der Waals surface area (Å²) in [6, 6.07) is 5.88. The Hall–Kier alpha value is -2.81. The number of methoxy groups -OCH3 is 2. The quantitative estimate of drug-likeness (QED) is 0.812. The smallest absolute Gasteiger partial charge is 0.337 e. The highest BCUT2D eigenvalue weighted by Gasteiger charge is 2.24. The second-order valence-corrected chi connectivity index (χ2v) is 6.75. The van der Waals surface area contributed by atoms with Gasteiger partial charge in [-0.3, -0.25) is 4.72 Å². The normalized spacial score (nSPS) is 11.0. The largest absolute Gasteiger partial charge is 0.493 e. The van der Waals surface area contributed by atoms with Gasteiger partial charge in [0.15, 0.2) is 11.5 Å². The first kappa shape index (κ1) is 18.5. The van der Waals surface area contributed by atoms with Crippen molar-refractivity contribution in [1.29, 1.82) is 0 Å². The molecule has 0 aliphatic rings. The minimum atomic E-state index is -4.35. The summed E-state index contributed by atoms with van der Waals surface area (Å²) >= 11 is 0. The Labute approximate surface area is 144 Å². The molecule has 0 amide bonds. The number of ether oxygens (including phenoxy) is 2. The molecule has 0 aliphatic carbocycles. The van der Waals surface area contributed by atoms with Crippen LogP contribution in [0.3, 0.4) is 0 Å². The Bertz CT molecular complexity index is 926. The van der Waals surface area contributed by atoms with E-state index in [1.807, 2.05) is 0 Å². The van der Waals surface area contributed by atoms with Crippen LogP contribution in [0, 0.1) is 12.7 Å². The zero-order valence-electron chi connectivity index (χ0n) is 13.7. The lowest BCUT2D eigenvalue weighted by Crippen LogP contribution is -2.17. The number of nitrogens with one attached hydrogen (secondary N) is 1. The topological polar surface area (TPSA) is 102 Å². The molecule has 0 radical (unpaired) electrons. The van der Waals surface area contributed by atoms with Gasteiger partial charge < -0.3 is 14.6 Å². The first-order chi connectivity index (χ1) is 11.7. The van der Waals surface area contributed by atoms with Crippen molar-refractivity contribution in [3.05, 3.63) is 47.3 Å². The number of carboxylic acid groups (broad SMARTS) is 1. The van der Waals surface area contributed by atoms with E-state index in [1.165, 1.54) is 20.3 Å². The molecule has 0 heterocycles. The van der Waals surface area contributed by atoms with E-state index in [0.717, 1.165) is 24.3 Å². The molecule has 2 aromatic carbocycles. The fourth-order valence-electron chi connectivity index (χ4n) is 2.16. The molecule has 0 saturated carbocycles. The van der Waals surface area contributed by atoms with Gasteiger partial charge in [0.05, 0.1) is 25.5 Å². The van der Waals surface area contributed by atoms with Gasteiger partial charge in [-0.25, -0.2) is 17.6 Å². The van der Waals surface area contributed by atoms with Crippen molar-refractivity contribution in [2.75, 3.05) is 18.9 Å². The van der Waals surface area contributed by atoms with Gasteiger partial charge in [0, 0.05) is 12.1 Å². The van der Waals surface area contributed by atoms with E-state index >= 15 is 0 Å². The number of carboxylic acids is 1. The number of aromatic carboxylic acids is 1. The number of hydrogen-bond acceptors (Lipinski definition) is 5. The summed E-state index contributed by atoms with van der Waals surface area (Å²) < 4.78 is 51.0. The molecule has 0 aliphatic heterocycles. The maximum atomic E-state index is 13.9. The molecule has 2 rings (SSSR count). The van der Waals surface area contributed by atoms with Gasteiger partial charge >= 0.3 is 5.97 Å². The molecule has 2 N–H and O–H groups in total. The van der Waals surface area contributed by atoms with Crippen molar-refractivity contribution in [3.63, 3.8) is 0 Å². The molecule has 0 fully saturated rings. The van der Waals surface area contributed by atoms with Crippen LogP contribution in [0.15, 0.2) is 35.2 Å². The van der Waals surface area contributed by atoms with Crippen molar-refractivity contribution in [2.24, 2.45) is 0 Å². The molecule has 0 aromatic heterocycles. The van der Waals surface area contributed by atoms with Crippen molar-refractivity contribution >= 4 is 21.7 Å². The second-order valence-electron chi connectivity index (χ2n) is 5.10. The zero-order chi connectivity index (χ0) is 18.8. The van der Waals surface area contributed by atoms with E-state index in [-0.39, 0.29) is 22.7 Å². The van der Waals surface area contributed by atoms with Gasteiger partial charge in [0.1, 0.15) is 10.7 Å². The summed E-state index contributed by atoms with van der Waals surface area (Å²) in [6.07, 6.45) is 0. The average molecular weight is 369 g/mol. The van der Waals surface area contributed by atoms with E-state index in [9.17, 15) is 22.7 Å². The number of rotatable bonds is 6. The lowest BCUT2D eigenvalue weighted by Gasteiger charge is -2.15. The van der Waals surface area contributed by atoms with Crippen LogP contribution in [0.25, 0.3) is 0 Å². The average Bonchev–Trinajstić information content (AvgIpc) is 2.55. The highest BCUT2D eigenvalue weighted by Crippen LogP contribution is 2.34. The predicted molar refractivity (Wildman–Crippen MR) is 88.5 cm³/mol. The Morgan fingerprint density at radius 2 is 1.72 bits per heavy atom. The minimum absolute atomic E-state index is 0.115. The minimum Gasteiger partial charge on any atom is -0.493 e. The number of halogens is 1. The third kappa shape index (κ3) is 3.82. The summed E-state index contributed by atoms with van der Waals surface area (Å²) in [5, 5.41) is 9.31. The first-order valence-electron chi connectivity index (χ1n) is 6.98. The molecule has 7 nitrogen and oxygen atoms in total. The molecule has 2 aromatic rings. The van der Waals surface area contributed by atoms with Gasteiger partial charge in [-0.15, -0.1) is 0 Å². The lowest BCUT2D eigenvalue weighted by molar-refractivity contribution is 0.0697. The third-order valence-electron chi connectivity index (χ3n) is 3.37. The molecule has 25 heavy (non-hydrogen) atoms. The fourth-order valence-corrected chi connectivity index (χ4v) is 3.39. The Morgan fingerprint density at radius 3 is 2.28 bits per heavy atom. The van der Waals surface area contributed by atoms with E-state index < -0.39 is 26.7 Å². The van der Waals surface area contributed by atoms with Crippen LogP contribution in [0.1, 0.15) is 15.9 Å². The standard InChI is InChI=1S/C16H16FNO6S/c1-9-4-5-11(17)15(6-9)25(21,22)18-12-8-14(24-3)13(23-2)7-10(12)16(19)20/h4-8,18H,1-3H3,(H,19,20). The van der Waals surface area contributed by atoms with Gasteiger partial charge in [0.2, 0.25) is 0 Å². The predicted octanol–water partition coefficient (Wildman–Crippen LogP) is 2.65. The van der Waals surface area contributed by atoms with Crippen molar-refractivity contribution in [2.45, 2.75) is 11.8 Å². The molecular weight excluding hydrogens is 353 g/mol. The Morgan fingerprint density at radius 1 is 1.12 bits per heavy atom. The number of aryl methyl sites for hydroxylation is 1. The van der Waals surface area contributed by atoms with Crippen LogP contribution >= 0.6 is 0 Å². The Balaban J connectivity index is 2.58. The summed E-state index contributed by atoms with van der Waals surface area (Å²) in [5.41, 5.74) is -0.104. The first-order valence-corrected chi connectivity index (χ1v) is 8.46. The number of carbonyl (C=O) groups is 1. The van der Waals surface area contributed by atoms with Gasteiger partial charge in [-0.05, 0) is 24.6 Å². The summed E-state index contributed by atoms with van der Waals surface area (Å²) in [4.78, 5) is 10.8. The SMILES string of the molecule is COc1cc(NS(=O)(=O)c2cc(C)ccc2F)c(C(=O)O)cc1OC. The lowest BCUT2D eigenvalue weighted by atomic mass is 10.1. The summed E-state index contributed by atoms with van der Waals surface area (Å²) in [5.74, 6) is -2.10. The van der Waals surface area contributed by atoms with Crippen molar-refractivity contribution in [3.8, 4) is 11.5 Å². The van der Waals surface area contributed by atoms with Crippen LogP contribution in [0.2, 0.25) is 0 Å². The van der Waals surface area contributed by atoms with Crippen molar-refractivity contribution < 1.29 is 32.2 Å². The van der Waals surface area contributed by atoms with Gasteiger partial charge in [-0.1, -0.05) is 6.07 Å². The van der Waals surface area contributed by atoms with Crippen LogP contribution < -0.4 is 14.2 Å². The number of hydrogen-bond donors (Lipinski definition) is 2. The maximum Gasteiger partial charge on any atom is 0.337 e. The summed E-state index contributed by atoms with van der Waals surface area (Å²) in [6.45, 7) is 1.61.